The van der Waals surface area contributed by atoms with Gasteiger partial charge in [0, 0.05) is 19.6 Å². The number of nitrogens with zero attached hydrogens (tertiary/aromatic N) is 5. The highest BCUT2D eigenvalue weighted by atomic mass is 32.2. The average molecular weight is 496 g/mol. The molecule has 2 atom stereocenters. The molecule has 1 aromatic carbocycles. The van der Waals surface area contributed by atoms with Crippen LogP contribution in [0.5, 0.6) is 0 Å². The lowest BCUT2D eigenvalue weighted by Gasteiger charge is -2.34. The third-order valence-corrected chi connectivity index (χ3v) is 7.54. The number of rotatable bonds is 9. The number of hydrogen-bond acceptors (Lipinski definition) is 6. The van der Waals surface area contributed by atoms with Crippen molar-refractivity contribution >= 4 is 33.4 Å². The molecular formula is C22H30FN5O3S2. The summed E-state index contributed by atoms with van der Waals surface area (Å²) < 4.78 is 41.1. The van der Waals surface area contributed by atoms with Crippen molar-refractivity contribution in [2.45, 2.75) is 38.5 Å². The Labute approximate surface area is 198 Å². The predicted octanol–water partition coefficient (Wildman–Crippen LogP) is 3.17. The topological polar surface area (TPSA) is 88.4 Å². The molecule has 2 heterocycles. The standard InChI is InChI=1S/C22H30FN5O3S2/c1-5-10-27-20(14-28(33(4,30)31)19-8-6-18(23)7-9-19)24-25-22(27)32-15-21(29)26-12-16(2)11-17(3)13-26/h5-9,16-17H,1,10-15H2,2-4H3/t16-,17-/m0/s1. The molecule has 180 valence electrons. The molecule has 2 aromatic rings. The van der Waals surface area contributed by atoms with E-state index in [1.54, 1.807) is 10.6 Å². The Bertz CT molecular complexity index is 1080. The van der Waals surface area contributed by atoms with E-state index < -0.39 is 15.8 Å². The minimum absolute atomic E-state index is 0.0529. The second-order valence-electron chi connectivity index (χ2n) is 8.58. The van der Waals surface area contributed by atoms with Gasteiger partial charge in [-0.2, -0.15) is 0 Å². The first-order chi connectivity index (χ1) is 15.6. The summed E-state index contributed by atoms with van der Waals surface area (Å²) in [4.78, 5) is 14.7. The highest BCUT2D eigenvalue weighted by Crippen LogP contribution is 2.25. The van der Waals surface area contributed by atoms with Gasteiger partial charge in [0.25, 0.3) is 0 Å². The Morgan fingerprint density at radius 2 is 1.88 bits per heavy atom. The van der Waals surface area contributed by atoms with Crippen molar-refractivity contribution in [3.8, 4) is 0 Å². The fraction of sp³-hybridized carbons (Fsp3) is 0.500. The van der Waals surface area contributed by atoms with Gasteiger partial charge in [0.1, 0.15) is 5.82 Å². The number of aromatic nitrogens is 3. The van der Waals surface area contributed by atoms with Gasteiger partial charge in [-0.3, -0.25) is 9.10 Å². The van der Waals surface area contributed by atoms with E-state index in [4.69, 9.17) is 0 Å². The molecular weight excluding hydrogens is 465 g/mol. The summed E-state index contributed by atoms with van der Waals surface area (Å²) in [5.74, 6) is 1.18. The lowest BCUT2D eigenvalue weighted by molar-refractivity contribution is -0.130. The second kappa shape index (κ2) is 10.7. The zero-order valence-corrected chi connectivity index (χ0v) is 20.8. The molecule has 0 unspecified atom stereocenters. The first kappa shape index (κ1) is 25.2. The molecule has 0 bridgehead atoms. The zero-order valence-electron chi connectivity index (χ0n) is 19.1. The maximum Gasteiger partial charge on any atom is 0.233 e. The number of halogens is 1. The maximum absolute atomic E-state index is 13.3. The summed E-state index contributed by atoms with van der Waals surface area (Å²) in [6, 6.07) is 5.22. The van der Waals surface area contributed by atoms with Crippen molar-refractivity contribution in [3.05, 3.63) is 48.6 Å². The van der Waals surface area contributed by atoms with Gasteiger partial charge in [0.2, 0.25) is 15.9 Å². The monoisotopic (exact) mass is 495 g/mol. The van der Waals surface area contributed by atoms with E-state index in [1.165, 1.54) is 36.0 Å². The Morgan fingerprint density at radius 3 is 2.45 bits per heavy atom. The molecule has 1 amide bonds. The van der Waals surface area contributed by atoms with Crippen LogP contribution in [0.25, 0.3) is 0 Å². The van der Waals surface area contributed by atoms with Crippen LogP contribution in [0.15, 0.2) is 42.1 Å². The first-order valence-electron chi connectivity index (χ1n) is 10.7. The number of piperidine rings is 1. The van der Waals surface area contributed by atoms with Crippen LogP contribution in [-0.2, 0) is 27.9 Å². The van der Waals surface area contributed by atoms with Crippen molar-refractivity contribution < 1.29 is 17.6 Å². The molecule has 8 nitrogen and oxygen atoms in total. The molecule has 1 fully saturated rings. The van der Waals surface area contributed by atoms with Gasteiger partial charge in [-0.05, 0) is 42.5 Å². The molecule has 33 heavy (non-hydrogen) atoms. The van der Waals surface area contributed by atoms with Gasteiger partial charge in [0.15, 0.2) is 11.0 Å². The van der Waals surface area contributed by atoms with Gasteiger partial charge in [-0.1, -0.05) is 31.7 Å². The lowest BCUT2D eigenvalue weighted by Crippen LogP contribution is -2.43. The Kier molecular flexibility index (Phi) is 8.17. The fourth-order valence-corrected chi connectivity index (χ4v) is 5.80. The third kappa shape index (κ3) is 6.57. The molecule has 1 aromatic heterocycles. The molecule has 0 N–H and O–H groups in total. The lowest BCUT2D eigenvalue weighted by atomic mass is 9.92. The van der Waals surface area contributed by atoms with E-state index in [-0.39, 0.29) is 18.2 Å². The highest BCUT2D eigenvalue weighted by molar-refractivity contribution is 7.99. The number of carbonyl (C=O) groups excluding carboxylic acids is 1. The maximum atomic E-state index is 13.3. The van der Waals surface area contributed by atoms with Crippen LogP contribution in [0.4, 0.5) is 10.1 Å². The summed E-state index contributed by atoms with van der Waals surface area (Å²) in [6.45, 7) is 9.87. The number of thioether (sulfide) groups is 1. The molecule has 1 aliphatic rings. The van der Waals surface area contributed by atoms with Crippen LogP contribution in [0.3, 0.4) is 0 Å². The summed E-state index contributed by atoms with van der Waals surface area (Å²) in [5, 5.41) is 8.90. The van der Waals surface area contributed by atoms with Crippen molar-refractivity contribution in [2.24, 2.45) is 11.8 Å². The van der Waals surface area contributed by atoms with Crippen LogP contribution >= 0.6 is 11.8 Å². The van der Waals surface area contributed by atoms with Gasteiger partial charge >= 0.3 is 0 Å². The molecule has 0 radical (unpaired) electrons. The van der Waals surface area contributed by atoms with Crippen LogP contribution in [-0.4, -0.2) is 59.1 Å². The fourth-order valence-electron chi connectivity index (χ4n) is 4.08. The van der Waals surface area contributed by atoms with Crippen molar-refractivity contribution in [1.82, 2.24) is 19.7 Å². The number of anilines is 1. The first-order valence-corrected chi connectivity index (χ1v) is 13.6. The van der Waals surface area contributed by atoms with Crippen LogP contribution in [0.1, 0.15) is 26.1 Å². The average Bonchev–Trinajstić information content (AvgIpc) is 3.11. The Hall–Kier alpha value is -2.40. The predicted molar refractivity (Wildman–Crippen MR) is 128 cm³/mol. The van der Waals surface area contributed by atoms with Crippen molar-refractivity contribution in [3.63, 3.8) is 0 Å². The quantitative estimate of drug-likeness (QED) is 0.392. The number of allylic oxidation sites excluding steroid dienone is 1. The van der Waals surface area contributed by atoms with Gasteiger partial charge < -0.3 is 9.47 Å². The largest absolute Gasteiger partial charge is 0.341 e. The van der Waals surface area contributed by atoms with E-state index in [9.17, 15) is 17.6 Å². The molecule has 1 saturated heterocycles. The molecule has 0 saturated carbocycles. The normalized spacial score (nSPS) is 18.8. The molecule has 11 heteroatoms. The van der Waals surface area contributed by atoms with E-state index in [0.29, 0.717) is 35.0 Å². The van der Waals surface area contributed by atoms with Gasteiger partial charge in [-0.15, -0.1) is 16.8 Å². The third-order valence-electron chi connectivity index (χ3n) is 5.45. The van der Waals surface area contributed by atoms with Crippen LogP contribution in [0, 0.1) is 17.7 Å². The van der Waals surface area contributed by atoms with Crippen molar-refractivity contribution in [1.29, 1.82) is 0 Å². The summed E-state index contributed by atoms with van der Waals surface area (Å²) in [6.07, 6.45) is 3.87. The second-order valence-corrected chi connectivity index (χ2v) is 11.4. The SMILES string of the molecule is C=CCn1c(CN(c2ccc(F)cc2)S(C)(=O)=O)nnc1SCC(=O)N1C[C@@H](C)C[C@H](C)C1. The van der Waals surface area contributed by atoms with E-state index in [1.807, 2.05) is 4.90 Å². The molecule has 3 rings (SSSR count). The number of sulfonamides is 1. The Balaban J connectivity index is 1.77. The number of likely N-dealkylation sites (tertiary alicyclic amines) is 1. The highest BCUT2D eigenvalue weighted by Gasteiger charge is 2.26. The Morgan fingerprint density at radius 1 is 1.24 bits per heavy atom. The number of amides is 1. The van der Waals surface area contributed by atoms with E-state index in [0.717, 1.165) is 30.1 Å². The van der Waals surface area contributed by atoms with Gasteiger partial charge in [-0.25, -0.2) is 12.8 Å². The van der Waals surface area contributed by atoms with Gasteiger partial charge in [0.05, 0.1) is 24.2 Å². The minimum Gasteiger partial charge on any atom is -0.341 e. The smallest absolute Gasteiger partial charge is 0.233 e. The van der Waals surface area contributed by atoms with Crippen LogP contribution < -0.4 is 4.31 Å². The zero-order chi connectivity index (χ0) is 24.2. The minimum atomic E-state index is -3.67. The van der Waals surface area contributed by atoms with E-state index >= 15 is 0 Å². The summed E-state index contributed by atoms with van der Waals surface area (Å²) in [5.41, 5.74) is 0.324. The van der Waals surface area contributed by atoms with Crippen LogP contribution in [0.2, 0.25) is 0 Å². The summed E-state index contributed by atoms with van der Waals surface area (Å²) in [7, 11) is -3.67. The molecule has 0 spiro atoms. The number of carbonyl (C=O) groups is 1. The molecule has 1 aliphatic heterocycles. The van der Waals surface area contributed by atoms with Crippen molar-refractivity contribution in [2.75, 3.05) is 29.4 Å². The number of hydrogen-bond donors (Lipinski definition) is 0. The number of benzene rings is 1. The molecule has 0 aliphatic carbocycles. The van der Waals surface area contributed by atoms with E-state index in [2.05, 4.69) is 30.6 Å². The summed E-state index contributed by atoms with van der Waals surface area (Å²) >= 11 is 1.28.